The van der Waals surface area contributed by atoms with E-state index >= 15 is 0 Å². The van der Waals surface area contributed by atoms with Crippen LogP contribution in [-0.2, 0) is 0 Å². The summed E-state index contributed by atoms with van der Waals surface area (Å²) in [6, 6.07) is 2.29. The quantitative estimate of drug-likeness (QED) is 0.646. The first-order valence-corrected chi connectivity index (χ1v) is 9.01. The molecule has 150 valence electrons. The van der Waals surface area contributed by atoms with E-state index in [4.69, 9.17) is 0 Å². The number of halogens is 3. The SMILES string of the molecule is Cc1ncc(C(=O)Nc2cc(C(=O)Nc3cnc(C(F)F)cn3)c(F)cc2C)s1. The lowest BCUT2D eigenvalue weighted by Crippen LogP contribution is -2.17. The van der Waals surface area contributed by atoms with Crippen LogP contribution in [0.4, 0.5) is 24.7 Å². The van der Waals surface area contributed by atoms with Crippen LogP contribution in [0.3, 0.4) is 0 Å². The molecule has 2 N–H and O–H groups in total. The molecule has 3 rings (SSSR count). The van der Waals surface area contributed by atoms with E-state index in [1.165, 1.54) is 23.6 Å². The summed E-state index contributed by atoms with van der Waals surface area (Å²) in [6.07, 6.45) is 0.383. The van der Waals surface area contributed by atoms with Gasteiger partial charge in [-0.15, -0.1) is 11.3 Å². The summed E-state index contributed by atoms with van der Waals surface area (Å²) < 4.78 is 39.3. The average molecular weight is 421 g/mol. The number of nitrogens with one attached hydrogen (secondary N) is 2. The second kappa shape index (κ2) is 8.35. The number of carbonyl (C=O) groups is 2. The molecule has 2 aromatic heterocycles. The highest BCUT2D eigenvalue weighted by Gasteiger charge is 2.18. The van der Waals surface area contributed by atoms with E-state index in [0.717, 1.165) is 18.5 Å². The highest BCUT2D eigenvalue weighted by molar-refractivity contribution is 7.13. The summed E-state index contributed by atoms with van der Waals surface area (Å²) >= 11 is 1.19. The molecule has 0 fully saturated rings. The van der Waals surface area contributed by atoms with Gasteiger partial charge in [-0.05, 0) is 31.5 Å². The highest BCUT2D eigenvalue weighted by Crippen LogP contribution is 2.23. The van der Waals surface area contributed by atoms with Gasteiger partial charge in [0.15, 0.2) is 5.82 Å². The summed E-state index contributed by atoms with van der Waals surface area (Å²) in [5.41, 5.74) is -0.250. The van der Waals surface area contributed by atoms with Crippen molar-refractivity contribution >= 4 is 34.7 Å². The summed E-state index contributed by atoms with van der Waals surface area (Å²) in [7, 11) is 0. The number of benzene rings is 1. The standard InChI is InChI=1S/C18H14F3N5O2S/c1-8-3-11(19)10(4-12(8)25-18(28)14-6-22-9(2)29-14)17(27)26-15-7-23-13(5-24-15)16(20)21/h3-7,16H,1-2H3,(H,25,28)(H,24,26,27). The van der Waals surface area contributed by atoms with Crippen molar-refractivity contribution in [2.24, 2.45) is 0 Å². The molecule has 1 aromatic carbocycles. The number of hydrogen-bond acceptors (Lipinski definition) is 6. The minimum absolute atomic E-state index is 0.120. The van der Waals surface area contributed by atoms with E-state index in [1.807, 2.05) is 0 Å². The van der Waals surface area contributed by atoms with Crippen molar-refractivity contribution in [3.8, 4) is 0 Å². The Morgan fingerprint density at radius 1 is 1.00 bits per heavy atom. The van der Waals surface area contributed by atoms with Crippen molar-refractivity contribution in [3.63, 3.8) is 0 Å². The zero-order valence-electron chi connectivity index (χ0n) is 15.2. The molecule has 0 saturated heterocycles. The highest BCUT2D eigenvalue weighted by atomic mass is 32.1. The summed E-state index contributed by atoms with van der Waals surface area (Å²) in [5.74, 6) is -2.25. The number of alkyl halides is 2. The third-order valence-electron chi connectivity index (χ3n) is 3.79. The molecule has 2 amide bonds. The largest absolute Gasteiger partial charge is 0.321 e. The summed E-state index contributed by atoms with van der Waals surface area (Å²) in [6.45, 7) is 3.33. The van der Waals surface area contributed by atoms with Gasteiger partial charge in [0.05, 0.1) is 29.2 Å². The number of anilines is 2. The molecule has 0 radical (unpaired) electrons. The number of amides is 2. The van der Waals surface area contributed by atoms with E-state index in [1.54, 1.807) is 13.8 Å². The molecule has 0 unspecified atom stereocenters. The number of hydrogen-bond donors (Lipinski definition) is 2. The van der Waals surface area contributed by atoms with Gasteiger partial charge in [-0.1, -0.05) is 0 Å². The van der Waals surface area contributed by atoms with Crippen LogP contribution in [0.25, 0.3) is 0 Å². The van der Waals surface area contributed by atoms with Crippen molar-refractivity contribution in [1.29, 1.82) is 0 Å². The summed E-state index contributed by atoms with van der Waals surface area (Å²) in [4.78, 5) is 36.2. The predicted octanol–water partition coefficient (Wildman–Crippen LogP) is 4.13. The number of aromatic nitrogens is 3. The third-order valence-corrected chi connectivity index (χ3v) is 4.70. The fourth-order valence-electron chi connectivity index (χ4n) is 2.33. The number of carbonyl (C=O) groups excluding carboxylic acids is 2. The number of nitrogens with zero attached hydrogens (tertiary/aromatic N) is 3. The fraction of sp³-hybridized carbons (Fsp3) is 0.167. The Balaban J connectivity index is 1.80. The molecule has 0 saturated carbocycles. The molecule has 0 aliphatic carbocycles. The summed E-state index contributed by atoms with van der Waals surface area (Å²) in [5, 5.41) is 5.61. The van der Waals surface area contributed by atoms with Crippen LogP contribution in [0.5, 0.6) is 0 Å². The minimum atomic E-state index is -2.80. The molecule has 0 spiro atoms. The maximum atomic E-state index is 14.3. The molecular formula is C18H14F3N5O2S. The lowest BCUT2D eigenvalue weighted by Gasteiger charge is -2.11. The zero-order valence-corrected chi connectivity index (χ0v) is 16.0. The Kier molecular flexibility index (Phi) is 5.87. The van der Waals surface area contributed by atoms with E-state index in [9.17, 15) is 22.8 Å². The second-order valence-electron chi connectivity index (χ2n) is 5.93. The van der Waals surface area contributed by atoms with Crippen LogP contribution >= 0.6 is 11.3 Å². The van der Waals surface area contributed by atoms with E-state index in [2.05, 4.69) is 25.6 Å². The lowest BCUT2D eigenvalue weighted by molar-refractivity contribution is 0.101. The van der Waals surface area contributed by atoms with Crippen LogP contribution in [0.15, 0.2) is 30.7 Å². The lowest BCUT2D eigenvalue weighted by atomic mass is 10.1. The molecule has 29 heavy (non-hydrogen) atoms. The monoisotopic (exact) mass is 421 g/mol. The Hall–Kier alpha value is -3.34. The van der Waals surface area contributed by atoms with Crippen molar-refractivity contribution in [1.82, 2.24) is 15.0 Å². The van der Waals surface area contributed by atoms with Crippen molar-refractivity contribution in [2.45, 2.75) is 20.3 Å². The van der Waals surface area contributed by atoms with E-state index in [-0.39, 0.29) is 17.1 Å². The number of thiazole rings is 1. The third kappa shape index (κ3) is 4.74. The molecule has 0 atom stereocenters. The first-order valence-electron chi connectivity index (χ1n) is 8.20. The molecule has 3 aromatic rings. The topological polar surface area (TPSA) is 96.9 Å². The minimum Gasteiger partial charge on any atom is -0.321 e. The van der Waals surface area contributed by atoms with E-state index < -0.39 is 29.8 Å². The predicted molar refractivity (Wildman–Crippen MR) is 101 cm³/mol. The van der Waals surface area contributed by atoms with Crippen molar-refractivity contribution in [2.75, 3.05) is 10.6 Å². The zero-order chi connectivity index (χ0) is 21.1. The Bertz CT molecular complexity index is 1070. The van der Waals surface area contributed by atoms with Gasteiger partial charge in [0.25, 0.3) is 18.2 Å². The van der Waals surface area contributed by atoms with Crippen LogP contribution in [0, 0.1) is 19.7 Å². The maximum absolute atomic E-state index is 14.3. The van der Waals surface area contributed by atoms with Gasteiger partial charge >= 0.3 is 0 Å². The van der Waals surface area contributed by atoms with Gasteiger partial charge in [0, 0.05) is 5.69 Å². The van der Waals surface area contributed by atoms with Gasteiger partial charge < -0.3 is 10.6 Å². The fourth-order valence-corrected chi connectivity index (χ4v) is 3.00. The molecule has 0 aliphatic rings. The number of rotatable bonds is 5. The molecule has 11 heteroatoms. The first-order chi connectivity index (χ1) is 13.7. The van der Waals surface area contributed by atoms with Crippen LogP contribution in [0.1, 0.15) is 42.7 Å². The molecule has 0 aliphatic heterocycles. The van der Waals surface area contributed by atoms with Gasteiger partial charge in [-0.25, -0.2) is 28.1 Å². The first kappa shape index (κ1) is 20.4. The molecule has 2 heterocycles. The Labute approximate surface area is 167 Å². The average Bonchev–Trinajstić information content (AvgIpc) is 3.10. The normalized spacial score (nSPS) is 10.8. The maximum Gasteiger partial charge on any atom is 0.281 e. The van der Waals surface area contributed by atoms with Crippen LogP contribution in [-0.4, -0.2) is 26.8 Å². The van der Waals surface area contributed by atoms with Gasteiger partial charge in [-0.2, -0.15) is 0 Å². The molecular weight excluding hydrogens is 407 g/mol. The van der Waals surface area contributed by atoms with Gasteiger partial charge in [-0.3, -0.25) is 9.59 Å². The van der Waals surface area contributed by atoms with Crippen molar-refractivity contribution in [3.05, 3.63) is 63.2 Å². The van der Waals surface area contributed by atoms with Gasteiger partial charge in [0.2, 0.25) is 0 Å². The van der Waals surface area contributed by atoms with Crippen molar-refractivity contribution < 1.29 is 22.8 Å². The Morgan fingerprint density at radius 2 is 1.76 bits per heavy atom. The number of aryl methyl sites for hydroxylation is 2. The van der Waals surface area contributed by atoms with E-state index in [0.29, 0.717) is 15.4 Å². The Morgan fingerprint density at radius 3 is 2.34 bits per heavy atom. The second-order valence-corrected chi connectivity index (χ2v) is 7.16. The smallest absolute Gasteiger partial charge is 0.281 e. The molecule has 0 bridgehead atoms. The van der Waals surface area contributed by atoms with Crippen LogP contribution in [0.2, 0.25) is 0 Å². The van der Waals surface area contributed by atoms with Gasteiger partial charge in [0.1, 0.15) is 16.4 Å². The molecule has 7 nitrogen and oxygen atoms in total. The van der Waals surface area contributed by atoms with Crippen LogP contribution < -0.4 is 10.6 Å².